The molecule has 0 spiro atoms. The van der Waals surface area contributed by atoms with Gasteiger partial charge in [-0.1, -0.05) is 18.2 Å². The summed E-state index contributed by atoms with van der Waals surface area (Å²) in [6.45, 7) is -0.727. The standard InChI is InChI=1S/C17H14F3NO5/c1-25-16(24)10-5-4-7-12(15(10)23)21-14(22)9-26-13-8-3-2-6-11(13)17(18,19)20/h2-8,23H,9H2,1H3,(H,21,22). The molecule has 0 bridgehead atoms. The molecular formula is C17H14F3NO5. The van der Waals surface area contributed by atoms with E-state index in [2.05, 4.69) is 10.1 Å². The SMILES string of the molecule is COC(=O)c1cccc(NC(=O)COc2ccccc2C(F)(F)F)c1O. The number of anilines is 1. The molecule has 2 rings (SSSR count). The number of benzene rings is 2. The molecule has 0 aliphatic carbocycles. The number of amides is 1. The Morgan fingerprint density at radius 1 is 1.12 bits per heavy atom. The number of para-hydroxylation sites is 2. The Bertz CT molecular complexity index is 820. The summed E-state index contributed by atoms with van der Waals surface area (Å²) in [5, 5.41) is 12.2. The number of phenolic OH excluding ortho intramolecular Hbond substituents is 1. The summed E-state index contributed by atoms with van der Waals surface area (Å²) >= 11 is 0. The average molecular weight is 369 g/mol. The van der Waals surface area contributed by atoms with Crippen LogP contribution in [0.1, 0.15) is 15.9 Å². The molecule has 2 aromatic rings. The lowest BCUT2D eigenvalue weighted by Gasteiger charge is -2.14. The number of esters is 1. The van der Waals surface area contributed by atoms with Crippen LogP contribution in [0.25, 0.3) is 0 Å². The van der Waals surface area contributed by atoms with Crippen LogP contribution in [0.4, 0.5) is 18.9 Å². The molecule has 0 atom stereocenters. The summed E-state index contributed by atoms with van der Waals surface area (Å²) in [4.78, 5) is 23.4. The molecule has 138 valence electrons. The zero-order chi connectivity index (χ0) is 19.3. The summed E-state index contributed by atoms with van der Waals surface area (Å²) in [5.74, 6) is -2.65. The lowest BCUT2D eigenvalue weighted by molar-refractivity contribution is -0.139. The predicted molar refractivity (Wildman–Crippen MR) is 85.0 cm³/mol. The van der Waals surface area contributed by atoms with E-state index in [0.717, 1.165) is 19.2 Å². The van der Waals surface area contributed by atoms with E-state index in [1.54, 1.807) is 0 Å². The molecule has 0 saturated heterocycles. The van der Waals surface area contributed by atoms with E-state index in [4.69, 9.17) is 4.74 Å². The van der Waals surface area contributed by atoms with Gasteiger partial charge < -0.3 is 19.9 Å². The number of halogens is 3. The molecule has 0 radical (unpaired) electrons. The van der Waals surface area contributed by atoms with Crippen LogP contribution in [0.2, 0.25) is 0 Å². The number of methoxy groups -OCH3 is 1. The van der Waals surface area contributed by atoms with E-state index >= 15 is 0 Å². The van der Waals surface area contributed by atoms with Crippen LogP contribution in [-0.2, 0) is 15.7 Å². The predicted octanol–water partition coefficient (Wildman–Crippen LogP) is 3.22. The van der Waals surface area contributed by atoms with Gasteiger partial charge in [0.25, 0.3) is 5.91 Å². The number of aromatic hydroxyl groups is 1. The molecule has 6 nitrogen and oxygen atoms in total. The van der Waals surface area contributed by atoms with E-state index in [1.165, 1.54) is 30.3 Å². The Hall–Kier alpha value is -3.23. The number of phenols is 1. The second-order valence-electron chi connectivity index (χ2n) is 5.02. The summed E-state index contributed by atoms with van der Waals surface area (Å²) in [7, 11) is 1.12. The second kappa shape index (κ2) is 7.77. The molecule has 2 N–H and O–H groups in total. The number of ether oxygens (including phenoxy) is 2. The van der Waals surface area contributed by atoms with Crippen LogP contribution in [0.15, 0.2) is 42.5 Å². The van der Waals surface area contributed by atoms with E-state index in [-0.39, 0.29) is 11.3 Å². The van der Waals surface area contributed by atoms with Crippen molar-refractivity contribution in [2.45, 2.75) is 6.18 Å². The lowest BCUT2D eigenvalue weighted by atomic mass is 10.1. The number of alkyl halides is 3. The van der Waals surface area contributed by atoms with Gasteiger partial charge in [-0.3, -0.25) is 4.79 Å². The van der Waals surface area contributed by atoms with Gasteiger partial charge in [-0.25, -0.2) is 4.79 Å². The van der Waals surface area contributed by atoms with Gasteiger partial charge in [-0.05, 0) is 24.3 Å². The van der Waals surface area contributed by atoms with Gasteiger partial charge in [-0.15, -0.1) is 0 Å². The molecule has 2 aromatic carbocycles. The van der Waals surface area contributed by atoms with Crippen LogP contribution < -0.4 is 10.1 Å². The van der Waals surface area contributed by atoms with Gasteiger partial charge in [-0.2, -0.15) is 13.2 Å². The second-order valence-corrected chi connectivity index (χ2v) is 5.02. The Morgan fingerprint density at radius 3 is 2.46 bits per heavy atom. The minimum absolute atomic E-state index is 0.106. The van der Waals surface area contributed by atoms with Crippen LogP contribution in [-0.4, -0.2) is 30.7 Å². The van der Waals surface area contributed by atoms with Crippen LogP contribution in [0, 0.1) is 0 Å². The third-order valence-electron chi connectivity index (χ3n) is 3.27. The van der Waals surface area contributed by atoms with Gasteiger partial charge in [0.1, 0.15) is 11.3 Å². The van der Waals surface area contributed by atoms with Gasteiger partial charge in [0.2, 0.25) is 0 Å². The first-order chi connectivity index (χ1) is 12.2. The van der Waals surface area contributed by atoms with E-state index in [1.807, 2.05) is 0 Å². The third-order valence-corrected chi connectivity index (χ3v) is 3.27. The van der Waals surface area contributed by atoms with Gasteiger partial charge >= 0.3 is 12.1 Å². The molecule has 26 heavy (non-hydrogen) atoms. The number of nitrogens with one attached hydrogen (secondary N) is 1. The highest BCUT2D eigenvalue weighted by Crippen LogP contribution is 2.36. The fourth-order valence-electron chi connectivity index (χ4n) is 2.08. The summed E-state index contributed by atoms with van der Waals surface area (Å²) < 4.78 is 48.0. The average Bonchev–Trinajstić information content (AvgIpc) is 2.60. The number of carbonyl (C=O) groups is 2. The van der Waals surface area contributed by atoms with E-state index < -0.39 is 41.7 Å². The summed E-state index contributed by atoms with van der Waals surface area (Å²) in [5.41, 5.74) is -1.29. The molecule has 1 amide bonds. The topological polar surface area (TPSA) is 84.9 Å². The molecule has 0 unspecified atom stereocenters. The maximum Gasteiger partial charge on any atom is 0.419 e. The number of hydrogen-bond acceptors (Lipinski definition) is 5. The van der Waals surface area contributed by atoms with Gasteiger partial charge in [0.05, 0.1) is 18.4 Å². The normalized spacial score (nSPS) is 10.9. The zero-order valence-corrected chi connectivity index (χ0v) is 13.5. The highest BCUT2D eigenvalue weighted by atomic mass is 19.4. The summed E-state index contributed by atoms with van der Waals surface area (Å²) in [6.07, 6.45) is -4.62. The van der Waals surface area contributed by atoms with E-state index in [9.17, 15) is 27.9 Å². The van der Waals surface area contributed by atoms with Gasteiger partial charge in [0, 0.05) is 0 Å². The van der Waals surface area contributed by atoms with E-state index in [0.29, 0.717) is 0 Å². The van der Waals surface area contributed by atoms with Gasteiger partial charge in [0.15, 0.2) is 12.4 Å². The smallest absolute Gasteiger partial charge is 0.419 e. The molecule has 0 fully saturated rings. The molecule has 9 heteroatoms. The maximum absolute atomic E-state index is 12.9. The fourth-order valence-corrected chi connectivity index (χ4v) is 2.08. The molecule has 0 aliphatic rings. The van der Waals surface area contributed by atoms with Crippen molar-refractivity contribution in [3.63, 3.8) is 0 Å². The van der Waals surface area contributed by atoms with Crippen molar-refractivity contribution in [3.05, 3.63) is 53.6 Å². The van der Waals surface area contributed by atoms with Crippen molar-refractivity contribution in [1.82, 2.24) is 0 Å². The quantitative estimate of drug-likeness (QED) is 0.625. The first-order valence-electron chi connectivity index (χ1n) is 7.23. The first-order valence-corrected chi connectivity index (χ1v) is 7.23. The van der Waals surface area contributed by atoms with Crippen LogP contribution in [0.3, 0.4) is 0 Å². The maximum atomic E-state index is 12.9. The van der Waals surface area contributed by atoms with Crippen molar-refractivity contribution in [3.8, 4) is 11.5 Å². The van der Waals surface area contributed by atoms with Crippen molar-refractivity contribution < 1.29 is 37.3 Å². The monoisotopic (exact) mass is 369 g/mol. The first kappa shape index (κ1) is 19.1. The lowest BCUT2D eigenvalue weighted by Crippen LogP contribution is -2.21. The largest absolute Gasteiger partial charge is 0.505 e. The molecule has 0 aliphatic heterocycles. The molecule has 0 saturated carbocycles. The van der Waals surface area contributed by atoms with Crippen molar-refractivity contribution in [2.24, 2.45) is 0 Å². The summed E-state index contributed by atoms with van der Waals surface area (Å²) in [6, 6.07) is 8.45. The minimum Gasteiger partial charge on any atom is -0.505 e. The highest BCUT2D eigenvalue weighted by molar-refractivity contribution is 5.98. The van der Waals surface area contributed by atoms with Crippen LogP contribution >= 0.6 is 0 Å². The van der Waals surface area contributed by atoms with Crippen molar-refractivity contribution >= 4 is 17.6 Å². The Labute approximate surface area is 146 Å². The van der Waals surface area contributed by atoms with Crippen molar-refractivity contribution in [1.29, 1.82) is 0 Å². The van der Waals surface area contributed by atoms with Crippen LogP contribution in [0.5, 0.6) is 11.5 Å². The third kappa shape index (κ3) is 4.44. The number of hydrogen-bond donors (Lipinski definition) is 2. The minimum atomic E-state index is -4.62. The zero-order valence-electron chi connectivity index (χ0n) is 13.5. The van der Waals surface area contributed by atoms with Crippen molar-refractivity contribution in [2.75, 3.05) is 19.0 Å². The fraction of sp³-hybridized carbons (Fsp3) is 0.176. The highest BCUT2D eigenvalue weighted by Gasteiger charge is 2.34. The molecule has 0 heterocycles. The Morgan fingerprint density at radius 2 is 1.81 bits per heavy atom. The molecule has 0 aromatic heterocycles. The number of carbonyl (C=O) groups excluding carboxylic acids is 2. The Kier molecular flexibility index (Phi) is 5.71. The molecular weight excluding hydrogens is 355 g/mol. The number of rotatable bonds is 5. The Balaban J connectivity index is 2.09.